The smallest absolute Gasteiger partial charge is 0.151 e. The van der Waals surface area contributed by atoms with Crippen LogP contribution >= 0.6 is 35.5 Å². The zero-order valence-electron chi connectivity index (χ0n) is 5.74. The molecule has 3 N–H and O–H groups in total. The van der Waals surface area contributed by atoms with Crippen molar-refractivity contribution in [2.24, 2.45) is 5.73 Å². The van der Waals surface area contributed by atoms with Crippen LogP contribution in [0.15, 0.2) is 17.5 Å². The van der Waals surface area contributed by atoms with E-state index in [0.29, 0.717) is 0 Å². The molecule has 0 aliphatic carbocycles. The Bertz CT molecular complexity index is 210. The molecule has 0 aliphatic heterocycles. The monoisotopic (exact) mass is 208 g/mol. The molecule has 1 aromatic rings. The minimum absolute atomic E-state index is 0. The van der Waals surface area contributed by atoms with Gasteiger partial charge in [-0.1, -0.05) is 17.8 Å². The van der Waals surface area contributed by atoms with Crippen LogP contribution in [0.3, 0.4) is 0 Å². The van der Waals surface area contributed by atoms with Gasteiger partial charge in [0.05, 0.1) is 0 Å². The number of nitrogens with two attached hydrogens (primary N) is 1. The third kappa shape index (κ3) is 4.29. The van der Waals surface area contributed by atoms with E-state index in [9.17, 15) is 0 Å². The van der Waals surface area contributed by atoms with E-state index < -0.39 is 0 Å². The Morgan fingerprint density at radius 2 is 2.45 bits per heavy atom. The van der Waals surface area contributed by atoms with Gasteiger partial charge in [-0.25, -0.2) is 0 Å². The molecule has 0 unspecified atom stereocenters. The Balaban J connectivity index is 0.000001000. The number of thiophene rings is 1. The molecule has 1 heterocycles. The molecule has 0 saturated heterocycles. The van der Waals surface area contributed by atoms with Gasteiger partial charge >= 0.3 is 0 Å². The second-order valence-corrected chi connectivity index (χ2v) is 3.78. The number of hydrogen-bond donors (Lipinski definition) is 2. The van der Waals surface area contributed by atoms with E-state index in [1.165, 1.54) is 16.6 Å². The third-order valence-corrected chi connectivity index (χ3v) is 2.78. The van der Waals surface area contributed by atoms with E-state index in [1.54, 1.807) is 11.3 Å². The minimum Gasteiger partial charge on any atom is -0.379 e. The van der Waals surface area contributed by atoms with Gasteiger partial charge in [-0.2, -0.15) is 0 Å². The van der Waals surface area contributed by atoms with E-state index in [-0.39, 0.29) is 17.6 Å². The molecule has 0 amide bonds. The summed E-state index contributed by atoms with van der Waals surface area (Å²) in [5.41, 5.74) is 5.16. The highest BCUT2D eigenvalue weighted by atomic mass is 35.5. The fourth-order valence-corrected chi connectivity index (χ4v) is 1.88. The SMILES string of the molecule is Cl.N=C(N)SCc1cccs1. The van der Waals surface area contributed by atoms with Crippen molar-refractivity contribution in [2.75, 3.05) is 0 Å². The van der Waals surface area contributed by atoms with Crippen molar-refractivity contribution in [3.05, 3.63) is 22.4 Å². The maximum Gasteiger partial charge on any atom is 0.151 e. The van der Waals surface area contributed by atoms with Crippen LogP contribution in [0.5, 0.6) is 0 Å². The average molecular weight is 209 g/mol. The molecule has 1 aromatic heterocycles. The van der Waals surface area contributed by atoms with Crippen LogP contribution in [0.1, 0.15) is 4.88 Å². The van der Waals surface area contributed by atoms with Gasteiger partial charge in [0.2, 0.25) is 0 Å². The maximum absolute atomic E-state index is 6.94. The molecule has 0 fully saturated rings. The molecule has 0 radical (unpaired) electrons. The zero-order chi connectivity index (χ0) is 7.40. The van der Waals surface area contributed by atoms with E-state index in [4.69, 9.17) is 11.1 Å². The molecule has 62 valence electrons. The highest BCUT2D eigenvalue weighted by Gasteiger charge is 1.94. The lowest BCUT2D eigenvalue weighted by molar-refractivity contribution is 1.49. The van der Waals surface area contributed by atoms with Gasteiger partial charge in [-0.15, -0.1) is 23.7 Å². The van der Waals surface area contributed by atoms with Crippen LogP contribution in [0, 0.1) is 5.41 Å². The van der Waals surface area contributed by atoms with Crippen molar-refractivity contribution in [3.8, 4) is 0 Å². The summed E-state index contributed by atoms with van der Waals surface area (Å²) >= 11 is 3.05. The summed E-state index contributed by atoms with van der Waals surface area (Å²) in [4.78, 5) is 1.26. The highest BCUT2D eigenvalue weighted by molar-refractivity contribution is 8.13. The van der Waals surface area contributed by atoms with Crippen LogP contribution in [-0.2, 0) is 5.75 Å². The maximum atomic E-state index is 6.94. The van der Waals surface area contributed by atoms with Crippen LogP contribution in [0.25, 0.3) is 0 Å². The van der Waals surface area contributed by atoms with Gasteiger partial charge < -0.3 is 5.73 Å². The van der Waals surface area contributed by atoms with Crippen molar-refractivity contribution in [3.63, 3.8) is 0 Å². The predicted octanol–water partition coefficient (Wildman–Crippen LogP) is 2.30. The highest BCUT2D eigenvalue weighted by Crippen LogP contribution is 2.15. The summed E-state index contributed by atoms with van der Waals surface area (Å²) < 4.78 is 0. The van der Waals surface area contributed by atoms with Gasteiger partial charge in [0.1, 0.15) is 0 Å². The summed E-state index contributed by atoms with van der Waals surface area (Å²) in [5.74, 6) is 0.826. The first-order chi connectivity index (χ1) is 4.79. The normalized spacial score (nSPS) is 8.73. The topological polar surface area (TPSA) is 49.9 Å². The fourth-order valence-electron chi connectivity index (χ4n) is 0.544. The zero-order valence-corrected chi connectivity index (χ0v) is 8.19. The number of nitrogens with one attached hydrogen (secondary N) is 1. The second-order valence-electron chi connectivity index (χ2n) is 1.73. The Hall–Kier alpha value is -0.190. The summed E-state index contributed by atoms with van der Waals surface area (Å²) in [5, 5.41) is 9.15. The fraction of sp³-hybridized carbons (Fsp3) is 0.167. The van der Waals surface area contributed by atoms with Gasteiger partial charge in [-0.3, -0.25) is 5.41 Å². The van der Waals surface area contributed by atoms with Crippen LogP contribution in [-0.4, -0.2) is 5.17 Å². The first-order valence-electron chi connectivity index (χ1n) is 2.78. The molecule has 0 saturated carbocycles. The minimum atomic E-state index is 0. The molecule has 0 atom stereocenters. The van der Waals surface area contributed by atoms with Crippen molar-refractivity contribution in [1.82, 2.24) is 0 Å². The number of thioether (sulfide) groups is 1. The molecule has 0 spiro atoms. The molecule has 1 rings (SSSR count). The molecular weight excluding hydrogens is 200 g/mol. The van der Waals surface area contributed by atoms with Crippen LogP contribution < -0.4 is 5.73 Å². The van der Waals surface area contributed by atoms with E-state index >= 15 is 0 Å². The number of hydrogen-bond acceptors (Lipinski definition) is 3. The lowest BCUT2D eigenvalue weighted by Crippen LogP contribution is -2.03. The number of rotatable bonds is 2. The Labute approximate surface area is 80.1 Å². The summed E-state index contributed by atoms with van der Waals surface area (Å²) in [6.07, 6.45) is 0. The van der Waals surface area contributed by atoms with Gasteiger partial charge in [-0.05, 0) is 11.4 Å². The molecule has 11 heavy (non-hydrogen) atoms. The summed E-state index contributed by atoms with van der Waals surface area (Å²) in [7, 11) is 0. The standard InChI is InChI=1S/C6H8N2S2.ClH/c7-6(8)10-4-5-2-1-3-9-5;/h1-3H,4H2,(H3,7,8);1H. The number of halogens is 1. The molecular formula is C6H9ClN2S2. The third-order valence-electron chi connectivity index (χ3n) is 0.950. The Kier molecular flexibility index (Phi) is 5.36. The van der Waals surface area contributed by atoms with E-state index in [0.717, 1.165) is 5.75 Å². The van der Waals surface area contributed by atoms with E-state index in [1.807, 2.05) is 17.5 Å². The molecule has 0 bridgehead atoms. The first kappa shape index (κ1) is 10.8. The van der Waals surface area contributed by atoms with Crippen LogP contribution in [0.4, 0.5) is 0 Å². The van der Waals surface area contributed by atoms with Gasteiger partial charge in [0, 0.05) is 10.6 Å². The quantitative estimate of drug-likeness (QED) is 0.579. The van der Waals surface area contributed by atoms with Crippen LogP contribution in [0.2, 0.25) is 0 Å². The largest absolute Gasteiger partial charge is 0.379 e. The molecule has 0 aliphatic rings. The lowest BCUT2D eigenvalue weighted by Gasteiger charge is -1.92. The number of amidine groups is 1. The second kappa shape index (κ2) is 5.46. The summed E-state index contributed by atoms with van der Waals surface area (Å²) in [6.45, 7) is 0. The lowest BCUT2D eigenvalue weighted by atomic mass is 10.5. The molecule has 2 nitrogen and oxygen atoms in total. The van der Waals surface area contributed by atoms with Crippen molar-refractivity contribution in [1.29, 1.82) is 5.41 Å². The van der Waals surface area contributed by atoms with Crippen molar-refractivity contribution < 1.29 is 0 Å². The average Bonchev–Trinajstić information content (AvgIpc) is 2.34. The van der Waals surface area contributed by atoms with Gasteiger partial charge in [0.15, 0.2) is 5.17 Å². The van der Waals surface area contributed by atoms with Crippen molar-refractivity contribution in [2.45, 2.75) is 5.75 Å². The van der Waals surface area contributed by atoms with E-state index in [2.05, 4.69) is 0 Å². The van der Waals surface area contributed by atoms with Crippen molar-refractivity contribution >= 4 is 40.7 Å². The van der Waals surface area contributed by atoms with Gasteiger partial charge in [0.25, 0.3) is 0 Å². The first-order valence-corrected chi connectivity index (χ1v) is 4.65. The Morgan fingerprint density at radius 1 is 1.73 bits per heavy atom. The Morgan fingerprint density at radius 3 is 2.91 bits per heavy atom. The molecule has 5 heteroatoms. The molecule has 0 aromatic carbocycles. The predicted molar refractivity (Wildman–Crippen MR) is 54.8 cm³/mol. The summed E-state index contributed by atoms with van der Waals surface area (Å²) in [6, 6.07) is 4.04.